The van der Waals surface area contributed by atoms with Gasteiger partial charge in [0.2, 0.25) is 41.4 Å². The van der Waals surface area contributed by atoms with E-state index >= 15 is 0 Å². The predicted octanol–water partition coefficient (Wildman–Crippen LogP) is 0.812. The third-order valence-electron chi connectivity index (χ3n) is 11.6. The van der Waals surface area contributed by atoms with Crippen molar-refractivity contribution in [2.24, 2.45) is 11.3 Å². The maximum Gasteiger partial charge on any atom is 0.305 e. The van der Waals surface area contributed by atoms with Crippen LogP contribution in [0.4, 0.5) is 5.69 Å². The first-order chi connectivity index (χ1) is 32.1. The van der Waals surface area contributed by atoms with Crippen molar-refractivity contribution >= 4 is 69.9 Å². The molecule has 0 radical (unpaired) electrons. The standard InChI is InChI=1S/C47H63N9O12/c1-26(2)19-30-41(62)50-31(20-27-25-48-29-12-8-7-11-28(27)29)42(63)52-33(22-39(58)59)44(65)51-32(21-38(57)56-17-15-55(16-18-56)36-13-9-10-14-37(36)68-6)43(64)53-34(23-40(60)61)45(66)54-35(46(67)49-30)24-47(3,4)5/h7-14,25-26,30-35,48H,15-24H2,1-6H3,(H,49,67)(H,50,62)(H,51,65)(H,52,63)(H,53,64)(H,54,66)(H,58,59)(H,60,61). The van der Waals surface area contributed by atoms with Crippen LogP contribution in [-0.4, -0.2) is 143 Å². The van der Waals surface area contributed by atoms with Gasteiger partial charge in [0.15, 0.2) is 0 Å². The number of nitrogens with zero attached hydrogens (tertiary/aromatic N) is 2. The number of hydrogen-bond acceptors (Lipinski definition) is 11. The highest BCUT2D eigenvalue weighted by molar-refractivity contribution is 6.01. The summed E-state index contributed by atoms with van der Waals surface area (Å²) < 4.78 is 5.50. The van der Waals surface area contributed by atoms with Gasteiger partial charge in [-0.05, 0) is 47.9 Å². The predicted molar refractivity (Wildman–Crippen MR) is 248 cm³/mol. The Balaban J connectivity index is 1.53. The molecular weight excluding hydrogens is 883 g/mol. The van der Waals surface area contributed by atoms with E-state index in [-0.39, 0.29) is 38.3 Å². The minimum atomic E-state index is -1.89. The average molecular weight is 946 g/mol. The van der Waals surface area contributed by atoms with Crippen LogP contribution in [0, 0.1) is 11.3 Å². The normalized spacial score (nSPS) is 22.8. The van der Waals surface area contributed by atoms with E-state index < -0.39 is 114 Å². The van der Waals surface area contributed by atoms with Crippen molar-refractivity contribution in [1.29, 1.82) is 0 Å². The maximum absolute atomic E-state index is 14.4. The number of carbonyl (C=O) groups excluding carboxylic acids is 7. The molecule has 1 aromatic heterocycles. The van der Waals surface area contributed by atoms with Crippen LogP contribution in [0.1, 0.15) is 72.3 Å². The Morgan fingerprint density at radius 2 is 1.12 bits per heavy atom. The van der Waals surface area contributed by atoms with Crippen LogP contribution < -0.4 is 41.5 Å². The second-order valence-corrected chi connectivity index (χ2v) is 18.8. The molecule has 0 saturated carbocycles. The fourth-order valence-electron chi connectivity index (χ4n) is 8.26. The van der Waals surface area contributed by atoms with Crippen LogP contribution in [0.3, 0.4) is 0 Å². The Morgan fingerprint density at radius 1 is 0.647 bits per heavy atom. The van der Waals surface area contributed by atoms with Gasteiger partial charge in [0.1, 0.15) is 42.0 Å². The number of para-hydroxylation sites is 3. The first-order valence-corrected chi connectivity index (χ1v) is 22.6. The van der Waals surface area contributed by atoms with Gasteiger partial charge in [0.05, 0.1) is 32.1 Å². The van der Waals surface area contributed by atoms with Crippen molar-refractivity contribution in [2.45, 2.75) is 109 Å². The van der Waals surface area contributed by atoms with Crippen molar-refractivity contribution in [2.75, 3.05) is 38.2 Å². The van der Waals surface area contributed by atoms with Crippen LogP contribution in [0.25, 0.3) is 10.9 Å². The number of rotatable bonds is 13. The Morgan fingerprint density at radius 3 is 1.68 bits per heavy atom. The molecule has 5 rings (SSSR count). The molecule has 0 aliphatic carbocycles. The van der Waals surface area contributed by atoms with Crippen LogP contribution in [0.2, 0.25) is 0 Å². The number of fused-ring (bicyclic) bond motifs is 1. The second-order valence-electron chi connectivity index (χ2n) is 18.8. The van der Waals surface area contributed by atoms with E-state index in [9.17, 15) is 53.4 Å². The minimum absolute atomic E-state index is 0.0115. The lowest BCUT2D eigenvalue weighted by Gasteiger charge is -2.37. The van der Waals surface area contributed by atoms with Gasteiger partial charge < -0.3 is 61.6 Å². The zero-order valence-corrected chi connectivity index (χ0v) is 39.2. The van der Waals surface area contributed by atoms with Crippen molar-refractivity contribution in [1.82, 2.24) is 41.8 Å². The van der Waals surface area contributed by atoms with E-state index in [0.29, 0.717) is 29.8 Å². The molecule has 0 bridgehead atoms. The van der Waals surface area contributed by atoms with Crippen molar-refractivity contribution in [3.63, 3.8) is 0 Å². The van der Waals surface area contributed by atoms with Gasteiger partial charge in [-0.1, -0.05) is 65.0 Å². The molecule has 6 unspecified atom stereocenters. The molecule has 6 atom stereocenters. The largest absolute Gasteiger partial charge is 0.495 e. The van der Waals surface area contributed by atoms with Crippen molar-refractivity contribution in [3.8, 4) is 5.75 Å². The number of anilines is 1. The number of hydrogen-bond donors (Lipinski definition) is 9. The van der Waals surface area contributed by atoms with E-state index in [1.807, 2.05) is 23.1 Å². The first-order valence-electron chi connectivity index (χ1n) is 22.6. The van der Waals surface area contributed by atoms with Gasteiger partial charge in [0.25, 0.3) is 0 Å². The number of ether oxygens (including phenoxy) is 1. The number of aliphatic carboxylic acids is 2. The van der Waals surface area contributed by atoms with E-state index in [1.54, 1.807) is 71.1 Å². The molecule has 2 aliphatic heterocycles. The van der Waals surface area contributed by atoms with E-state index in [0.717, 1.165) is 11.2 Å². The fourth-order valence-corrected chi connectivity index (χ4v) is 8.26. The summed E-state index contributed by atoms with van der Waals surface area (Å²) in [7, 11) is 1.54. The molecule has 21 heteroatoms. The number of amides is 7. The summed E-state index contributed by atoms with van der Waals surface area (Å²) in [6.07, 6.45) is -1.20. The van der Waals surface area contributed by atoms with Crippen LogP contribution in [0.15, 0.2) is 54.7 Å². The summed E-state index contributed by atoms with van der Waals surface area (Å²) >= 11 is 0. The lowest BCUT2D eigenvalue weighted by atomic mass is 9.87. The Bertz CT molecular complexity index is 2350. The maximum atomic E-state index is 14.4. The summed E-state index contributed by atoms with van der Waals surface area (Å²) in [6.45, 7) is 10.1. The molecule has 9 N–H and O–H groups in total. The van der Waals surface area contributed by atoms with E-state index in [4.69, 9.17) is 4.74 Å². The van der Waals surface area contributed by atoms with Crippen LogP contribution in [-0.2, 0) is 49.6 Å². The molecule has 368 valence electrons. The number of benzene rings is 2. The quantitative estimate of drug-likeness (QED) is 0.115. The first kappa shape index (κ1) is 51.8. The molecule has 0 spiro atoms. The van der Waals surface area contributed by atoms with Crippen molar-refractivity contribution in [3.05, 3.63) is 60.3 Å². The SMILES string of the molecule is COc1ccccc1N1CCN(C(=O)CC2NC(=O)C(CC(=O)O)NC(=O)C(Cc3c[nH]c4ccccc34)NC(=O)C(CC(C)C)NC(=O)C(CC(C)(C)C)NC(=O)C(CC(=O)O)NC2=O)CC1. The van der Waals surface area contributed by atoms with Gasteiger partial charge in [-0.2, -0.15) is 0 Å². The topological polar surface area (TPSA) is 298 Å². The van der Waals surface area contributed by atoms with E-state index in [1.165, 1.54) is 12.0 Å². The van der Waals surface area contributed by atoms with Crippen molar-refractivity contribution < 1.29 is 58.1 Å². The van der Waals surface area contributed by atoms with Crippen LogP contribution in [0.5, 0.6) is 5.75 Å². The van der Waals surface area contributed by atoms with Gasteiger partial charge in [0, 0.05) is 49.7 Å². The summed E-state index contributed by atoms with van der Waals surface area (Å²) in [6, 6.07) is 4.80. The number of piperazine rings is 1. The van der Waals surface area contributed by atoms with Gasteiger partial charge in [-0.25, -0.2) is 0 Å². The molecule has 7 amide bonds. The molecule has 2 saturated heterocycles. The number of carboxylic acid groups (broad SMARTS) is 2. The lowest BCUT2D eigenvalue weighted by Crippen LogP contribution is -2.62. The lowest BCUT2D eigenvalue weighted by molar-refractivity contribution is -0.143. The van der Waals surface area contributed by atoms with E-state index in [2.05, 4.69) is 36.9 Å². The Kier molecular flexibility index (Phi) is 17.5. The van der Waals surface area contributed by atoms with Crippen LogP contribution >= 0.6 is 0 Å². The number of carboxylic acids is 2. The average Bonchev–Trinajstić information content (AvgIpc) is 3.68. The fraction of sp³-hybridized carbons (Fsp3) is 0.511. The third-order valence-corrected chi connectivity index (χ3v) is 11.6. The minimum Gasteiger partial charge on any atom is -0.495 e. The number of nitrogens with one attached hydrogen (secondary N) is 7. The molecule has 3 heterocycles. The zero-order valence-electron chi connectivity index (χ0n) is 39.2. The molecule has 21 nitrogen and oxygen atoms in total. The highest BCUT2D eigenvalue weighted by Gasteiger charge is 2.38. The van der Waals surface area contributed by atoms with Gasteiger partial charge in [-0.3, -0.25) is 43.2 Å². The highest BCUT2D eigenvalue weighted by Crippen LogP contribution is 2.29. The number of methoxy groups -OCH3 is 1. The zero-order chi connectivity index (χ0) is 49.9. The molecule has 3 aromatic rings. The number of H-pyrrole nitrogens is 1. The Hall–Kier alpha value is -7.19. The van der Waals surface area contributed by atoms with Gasteiger partial charge in [-0.15, -0.1) is 0 Å². The summed E-state index contributed by atoms with van der Waals surface area (Å²) in [5.41, 5.74) is 1.47. The number of aromatic nitrogens is 1. The molecule has 68 heavy (non-hydrogen) atoms. The molecule has 2 aliphatic rings. The monoisotopic (exact) mass is 945 g/mol. The highest BCUT2D eigenvalue weighted by atomic mass is 16.5. The third kappa shape index (κ3) is 14.4. The second kappa shape index (κ2) is 23.0. The summed E-state index contributed by atoms with van der Waals surface area (Å²) in [5, 5.41) is 35.7. The number of aromatic amines is 1. The summed E-state index contributed by atoms with van der Waals surface area (Å²) in [5.74, 6) is -9.30. The molecule has 2 aromatic carbocycles. The number of carbonyl (C=O) groups is 9. The molecule has 2 fully saturated rings. The molecular formula is C47H63N9O12. The summed E-state index contributed by atoms with van der Waals surface area (Å²) in [4.78, 5) is 130. The smallest absolute Gasteiger partial charge is 0.305 e. The van der Waals surface area contributed by atoms with Gasteiger partial charge >= 0.3 is 11.9 Å². The Labute approximate surface area is 393 Å².